The second-order valence-electron chi connectivity index (χ2n) is 7.46. The van der Waals surface area contributed by atoms with Crippen LogP contribution in [-0.4, -0.2) is 42.7 Å². The number of hydrogen-bond acceptors (Lipinski definition) is 6. The first-order chi connectivity index (χ1) is 14.0. The Hall–Kier alpha value is -2.64. The van der Waals surface area contributed by atoms with Gasteiger partial charge in [0.2, 0.25) is 5.91 Å². The molecule has 7 heteroatoms. The van der Waals surface area contributed by atoms with Gasteiger partial charge in [0.25, 0.3) is 0 Å². The number of hydrogen-bond donors (Lipinski definition) is 4. The van der Waals surface area contributed by atoms with Gasteiger partial charge in [0, 0.05) is 24.9 Å². The summed E-state index contributed by atoms with van der Waals surface area (Å²) in [5.41, 5.74) is 0.683. The van der Waals surface area contributed by atoms with E-state index in [0.29, 0.717) is 11.7 Å². The van der Waals surface area contributed by atoms with Gasteiger partial charge in [0.1, 0.15) is 5.66 Å². The molecule has 1 saturated heterocycles. The molecule has 1 aromatic carbocycles. The number of nitrogens with zero attached hydrogens (tertiary/aromatic N) is 1. The number of nitrogens with one attached hydrogen (secondary N) is 3. The Morgan fingerprint density at radius 1 is 1.24 bits per heavy atom. The molecule has 1 fully saturated rings. The molecular weight excluding hydrogens is 368 g/mol. The molecule has 1 atom stereocenters. The van der Waals surface area contributed by atoms with E-state index in [2.05, 4.69) is 20.9 Å². The molecule has 1 aliphatic heterocycles. The fraction of sp³-hybridized carbons (Fsp3) is 0.455. The van der Waals surface area contributed by atoms with Crippen molar-refractivity contribution in [3.05, 3.63) is 53.9 Å². The number of ether oxygens (including phenoxy) is 1. The molecule has 29 heavy (non-hydrogen) atoms. The van der Waals surface area contributed by atoms with Crippen LogP contribution < -0.4 is 20.7 Å². The van der Waals surface area contributed by atoms with E-state index in [0.717, 1.165) is 50.0 Å². The molecule has 0 radical (unpaired) electrons. The van der Waals surface area contributed by atoms with Gasteiger partial charge in [-0.25, -0.2) is 0 Å². The Kier molecular flexibility index (Phi) is 7.06. The standard InChI is InChI=1S/C22H30N4O3/c1-16(27)26-22(18-8-12-24-13-9-18,19-3-4-20(28)21(15-19)29-2)25-14-7-17-5-10-23-11-6-17/h3-4,8-9,12-13,15,17,23,25,28H,5-7,10-11,14H2,1-2H3,(H,26,27). The number of methoxy groups -OCH3 is 1. The van der Waals surface area contributed by atoms with Crippen molar-refractivity contribution in [2.24, 2.45) is 5.92 Å². The van der Waals surface area contributed by atoms with Crippen LogP contribution in [0.4, 0.5) is 0 Å². The van der Waals surface area contributed by atoms with Gasteiger partial charge in [-0.3, -0.25) is 15.1 Å². The van der Waals surface area contributed by atoms with E-state index >= 15 is 0 Å². The second kappa shape index (κ2) is 9.71. The van der Waals surface area contributed by atoms with Crippen molar-refractivity contribution in [2.75, 3.05) is 26.7 Å². The van der Waals surface area contributed by atoms with Crippen LogP contribution in [0, 0.1) is 5.92 Å². The first-order valence-electron chi connectivity index (χ1n) is 10.1. The number of carbonyl (C=O) groups is 1. The SMILES string of the molecule is COc1cc(C(NCCC2CCNCC2)(NC(C)=O)c2ccncc2)ccc1O. The molecule has 1 unspecified atom stereocenters. The van der Waals surface area contributed by atoms with Gasteiger partial charge in [0.15, 0.2) is 11.5 Å². The highest BCUT2D eigenvalue weighted by Crippen LogP contribution is 2.34. The number of carbonyl (C=O) groups excluding carboxylic acids is 1. The number of benzene rings is 1. The maximum atomic E-state index is 12.2. The summed E-state index contributed by atoms with van der Waals surface area (Å²) in [6, 6.07) is 8.90. The Balaban J connectivity index is 1.96. The summed E-state index contributed by atoms with van der Waals surface area (Å²) in [5, 5.41) is 20.2. The Bertz CT molecular complexity index is 809. The van der Waals surface area contributed by atoms with Crippen molar-refractivity contribution in [2.45, 2.75) is 31.8 Å². The maximum absolute atomic E-state index is 12.2. The molecule has 1 aromatic heterocycles. The minimum Gasteiger partial charge on any atom is -0.504 e. The van der Waals surface area contributed by atoms with Gasteiger partial charge in [0.05, 0.1) is 7.11 Å². The quantitative estimate of drug-likeness (QED) is 0.509. The number of piperidine rings is 1. The van der Waals surface area contributed by atoms with E-state index in [1.165, 1.54) is 14.0 Å². The van der Waals surface area contributed by atoms with Crippen LogP contribution in [0.3, 0.4) is 0 Å². The van der Waals surface area contributed by atoms with Gasteiger partial charge in [-0.05, 0) is 74.6 Å². The van der Waals surface area contributed by atoms with E-state index in [4.69, 9.17) is 4.74 Å². The van der Waals surface area contributed by atoms with E-state index in [-0.39, 0.29) is 11.7 Å². The number of phenolic OH excluding ortho intramolecular Hbond substituents is 1. The number of rotatable bonds is 8. The molecule has 156 valence electrons. The third-order valence-corrected chi connectivity index (χ3v) is 5.49. The summed E-state index contributed by atoms with van der Waals surface area (Å²) < 4.78 is 5.31. The molecule has 3 rings (SSSR count). The zero-order valence-corrected chi connectivity index (χ0v) is 17.1. The Morgan fingerprint density at radius 2 is 1.97 bits per heavy atom. The highest BCUT2D eigenvalue weighted by atomic mass is 16.5. The van der Waals surface area contributed by atoms with Crippen LogP contribution in [0.1, 0.15) is 37.3 Å². The number of phenols is 1. The zero-order chi connectivity index (χ0) is 20.7. The zero-order valence-electron chi connectivity index (χ0n) is 17.1. The fourth-order valence-corrected chi connectivity index (χ4v) is 3.97. The third kappa shape index (κ3) is 5.05. The van der Waals surface area contributed by atoms with E-state index in [1.54, 1.807) is 30.6 Å². The predicted molar refractivity (Wildman–Crippen MR) is 112 cm³/mol. The van der Waals surface area contributed by atoms with Gasteiger partial charge in [-0.1, -0.05) is 6.07 Å². The lowest BCUT2D eigenvalue weighted by Gasteiger charge is -2.37. The molecule has 0 saturated carbocycles. The summed E-state index contributed by atoms with van der Waals surface area (Å²) in [4.78, 5) is 16.4. The highest BCUT2D eigenvalue weighted by molar-refractivity contribution is 5.75. The average molecular weight is 399 g/mol. The topological polar surface area (TPSA) is 95.5 Å². The number of amides is 1. The summed E-state index contributed by atoms with van der Waals surface area (Å²) >= 11 is 0. The summed E-state index contributed by atoms with van der Waals surface area (Å²) in [5.74, 6) is 0.901. The van der Waals surface area contributed by atoms with Crippen molar-refractivity contribution in [1.29, 1.82) is 0 Å². The fourth-order valence-electron chi connectivity index (χ4n) is 3.97. The van der Waals surface area contributed by atoms with Crippen LogP contribution in [-0.2, 0) is 10.5 Å². The molecule has 2 aromatic rings. The lowest BCUT2D eigenvalue weighted by atomic mass is 9.89. The largest absolute Gasteiger partial charge is 0.504 e. The first-order valence-corrected chi connectivity index (χ1v) is 10.1. The van der Waals surface area contributed by atoms with Crippen molar-refractivity contribution >= 4 is 5.91 Å². The Morgan fingerprint density at radius 3 is 2.62 bits per heavy atom. The van der Waals surface area contributed by atoms with E-state index in [9.17, 15) is 9.90 Å². The molecule has 0 bridgehead atoms. The van der Waals surface area contributed by atoms with Crippen LogP contribution >= 0.6 is 0 Å². The average Bonchev–Trinajstić information content (AvgIpc) is 2.74. The van der Waals surface area contributed by atoms with Crippen LogP contribution in [0.2, 0.25) is 0 Å². The van der Waals surface area contributed by atoms with Crippen molar-refractivity contribution < 1.29 is 14.6 Å². The monoisotopic (exact) mass is 398 g/mol. The molecule has 7 nitrogen and oxygen atoms in total. The summed E-state index contributed by atoms with van der Waals surface area (Å²) in [7, 11) is 1.51. The number of aromatic hydroxyl groups is 1. The van der Waals surface area contributed by atoms with E-state index in [1.807, 2.05) is 12.1 Å². The van der Waals surface area contributed by atoms with Crippen LogP contribution in [0.25, 0.3) is 0 Å². The van der Waals surface area contributed by atoms with Gasteiger partial charge < -0.3 is 20.5 Å². The van der Waals surface area contributed by atoms with Crippen LogP contribution in [0.5, 0.6) is 11.5 Å². The van der Waals surface area contributed by atoms with E-state index < -0.39 is 5.66 Å². The molecule has 1 aliphatic rings. The highest BCUT2D eigenvalue weighted by Gasteiger charge is 2.35. The number of aromatic nitrogens is 1. The Labute approximate surface area is 171 Å². The smallest absolute Gasteiger partial charge is 0.218 e. The van der Waals surface area contributed by atoms with Gasteiger partial charge in [-0.15, -0.1) is 0 Å². The lowest BCUT2D eigenvalue weighted by Crippen LogP contribution is -2.57. The molecule has 0 aliphatic carbocycles. The van der Waals surface area contributed by atoms with Crippen molar-refractivity contribution in [1.82, 2.24) is 20.9 Å². The molecule has 2 heterocycles. The molecule has 0 spiro atoms. The maximum Gasteiger partial charge on any atom is 0.218 e. The normalized spacial score (nSPS) is 16.8. The van der Waals surface area contributed by atoms with Gasteiger partial charge in [-0.2, -0.15) is 0 Å². The summed E-state index contributed by atoms with van der Waals surface area (Å²) in [6.07, 6.45) is 6.76. The minimum absolute atomic E-state index is 0.0532. The van der Waals surface area contributed by atoms with Gasteiger partial charge >= 0.3 is 0 Å². The number of pyridine rings is 1. The first kappa shape index (κ1) is 21.1. The van der Waals surface area contributed by atoms with Crippen molar-refractivity contribution in [3.8, 4) is 11.5 Å². The molecule has 1 amide bonds. The predicted octanol–water partition coefficient (Wildman–Crippen LogP) is 2.11. The molecule has 4 N–H and O–H groups in total. The minimum atomic E-state index is -0.956. The van der Waals surface area contributed by atoms with Crippen LogP contribution in [0.15, 0.2) is 42.7 Å². The third-order valence-electron chi connectivity index (χ3n) is 5.49. The lowest BCUT2D eigenvalue weighted by molar-refractivity contribution is -0.120. The molecular formula is C22H30N4O3. The second-order valence-corrected chi connectivity index (χ2v) is 7.46. The van der Waals surface area contributed by atoms with Crippen molar-refractivity contribution in [3.63, 3.8) is 0 Å². The summed E-state index contributed by atoms with van der Waals surface area (Å²) in [6.45, 7) is 4.35.